The summed E-state index contributed by atoms with van der Waals surface area (Å²) in [6.07, 6.45) is 0. The van der Waals surface area contributed by atoms with Crippen molar-refractivity contribution in [3.05, 3.63) is 72.1 Å². The summed E-state index contributed by atoms with van der Waals surface area (Å²) < 4.78 is 0. The number of aromatic carboxylic acids is 2. The van der Waals surface area contributed by atoms with Crippen LogP contribution in [0.1, 0.15) is 21.0 Å². The Balaban J connectivity index is 0.000000200. The van der Waals surface area contributed by atoms with Gasteiger partial charge < -0.3 is 20.4 Å². The minimum Gasteiger partial charge on any atom is -0.871 e. The van der Waals surface area contributed by atoms with Crippen molar-refractivity contribution in [3.8, 4) is 11.5 Å². The molecule has 0 atom stereocenters. The molecule has 0 spiro atoms. The Kier molecular flexibility index (Phi) is 6.71. The first kappa shape index (κ1) is 21.6. The first-order valence-corrected chi connectivity index (χ1v) is 7.97. The fourth-order valence-corrected chi connectivity index (χ4v) is 2.48. The van der Waals surface area contributed by atoms with Gasteiger partial charge in [0.2, 0.25) is 0 Å². The van der Waals surface area contributed by atoms with E-state index in [0.29, 0.717) is 10.8 Å². The number of hydrogen-bond acceptors (Lipinski definition) is 6. The second-order valence-electron chi connectivity index (χ2n) is 5.66. The number of carboxylic acids is 2. The van der Waals surface area contributed by atoms with Crippen LogP contribution >= 0.6 is 0 Å². The maximum Gasteiger partial charge on any atom is 2.00 e. The zero-order valence-electron chi connectivity index (χ0n) is 14.5. The molecule has 1 radical (unpaired) electrons. The summed E-state index contributed by atoms with van der Waals surface area (Å²) in [5.74, 6) is -2.78. The van der Waals surface area contributed by atoms with Gasteiger partial charge in [-0.1, -0.05) is 60.0 Å². The predicted molar refractivity (Wildman–Crippen MR) is 96.3 cm³/mol. The Morgan fingerprint density at radius 1 is 0.655 bits per heavy atom. The predicted octanol–water partition coefficient (Wildman–Crippen LogP) is 2.01. The second kappa shape index (κ2) is 9.01. The van der Waals surface area contributed by atoms with E-state index in [2.05, 4.69) is 9.97 Å². The molecule has 0 aliphatic carbocycles. The van der Waals surface area contributed by atoms with E-state index in [1.165, 1.54) is 24.3 Å². The van der Waals surface area contributed by atoms with Crippen LogP contribution in [0.5, 0.6) is 11.5 Å². The van der Waals surface area contributed by atoms with Crippen molar-refractivity contribution in [1.29, 1.82) is 0 Å². The van der Waals surface area contributed by atoms with E-state index >= 15 is 0 Å². The van der Waals surface area contributed by atoms with Crippen LogP contribution in [0.4, 0.5) is 0 Å². The molecular weight excluding hydrogens is 428 g/mol. The minimum atomic E-state index is -1.13. The number of nitrogens with zero attached hydrogens (tertiary/aromatic N) is 2. The maximum atomic E-state index is 11.3. The quantitative estimate of drug-likeness (QED) is 0.451. The molecule has 0 amide bonds. The van der Waals surface area contributed by atoms with Gasteiger partial charge in [0, 0.05) is 0 Å². The van der Waals surface area contributed by atoms with E-state index in [9.17, 15) is 19.8 Å². The van der Waals surface area contributed by atoms with Crippen LogP contribution in [0.3, 0.4) is 0 Å². The van der Waals surface area contributed by atoms with Gasteiger partial charge in [-0.15, -0.1) is 0 Å². The summed E-state index contributed by atoms with van der Waals surface area (Å²) in [6.45, 7) is 0. The van der Waals surface area contributed by atoms with E-state index in [-0.39, 0.29) is 51.0 Å². The van der Waals surface area contributed by atoms with Gasteiger partial charge in [-0.2, -0.15) is 0 Å². The maximum absolute atomic E-state index is 11.3. The third-order valence-corrected chi connectivity index (χ3v) is 3.80. The van der Waals surface area contributed by atoms with Crippen LogP contribution in [0.15, 0.2) is 60.7 Å². The molecule has 2 aromatic heterocycles. The molecule has 0 bridgehead atoms. The minimum absolute atomic E-state index is 0. The average Bonchev–Trinajstić information content (AvgIpc) is 2.68. The number of fused-ring (bicyclic) bond motifs is 2. The SMILES string of the molecule is O=C(O)c1ccc2cccc([O-])c2n1.O=C(O)c1ccc2cccc([O-])c2n1.[Cu+2]. The standard InChI is InChI=1S/2C10H7NO3.Cu/c2*12-8-3-1-2-6-4-5-7(10(13)14)11-9(6)8;/h2*1-5,12H,(H,13,14);/q;;+2/p-2. The summed E-state index contributed by atoms with van der Waals surface area (Å²) in [4.78, 5) is 28.7. The first-order valence-electron chi connectivity index (χ1n) is 7.97. The summed E-state index contributed by atoms with van der Waals surface area (Å²) in [7, 11) is 0. The van der Waals surface area contributed by atoms with Gasteiger partial charge >= 0.3 is 29.0 Å². The van der Waals surface area contributed by atoms with Crippen molar-refractivity contribution >= 4 is 33.7 Å². The molecule has 0 fully saturated rings. The largest absolute Gasteiger partial charge is 2.00 e. The topological polar surface area (TPSA) is 146 Å². The molecule has 2 aromatic carbocycles. The number of rotatable bonds is 2. The Bertz CT molecular complexity index is 1120. The summed E-state index contributed by atoms with van der Waals surface area (Å²) in [5, 5.41) is 41.2. The van der Waals surface area contributed by atoms with Crippen LogP contribution < -0.4 is 10.2 Å². The zero-order chi connectivity index (χ0) is 20.3. The van der Waals surface area contributed by atoms with Crippen LogP contribution in [0.25, 0.3) is 21.8 Å². The summed E-state index contributed by atoms with van der Waals surface area (Å²) in [6, 6.07) is 15.3. The van der Waals surface area contributed by atoms with Crippen molar-refractivity contribution in [3.63, 3.8) is 0 Å². The molecule has 0 unspecified atom stereocenters. The molecule has 2 heterocycles. The van der Waals surface area contributed by atoms with Crippen molar-refractivity contribution in [2.45, 2.75) is 0 Å². The Hall–Kier alpha value is -3.68. The van der Waals surface area contributed by atoms with Gasteiger partial charge in [-0.3, -0.25) is 0 Å². The van der Waals surface area contributed by atoms with Crippen LogP contribution in [-0.4, -0.2) is 32.1 Å². The Labute approximate surface area is 174 Å². The van der Waals surface area contributed by atoms with Gasteiger partial charge in [0.05, 0.1) is 11.0 Å². The molecule has 29 heavy (non-hydrogen) atoms. The van der Waals surface area contributed by atoms with Gasteiger partial charge in [0.1, 0.15) is 11.4 Å². The van der Waals surface area contributed by atoms with E-state index in [0.717, 1.165) is 0 Å². The fourth-order valence-electron chi connectivity index (χ4n) is 2.48. The molecule has 0 saturated heterocycles. The van der Waals surface area contributed by atoms with Crippen LogP contribution in [0, 0.1) is 0 Å². The van der Waals surface area contributed by atoms with Crippen LogP contribution in [0.2, 0.25) is 0 Å². The van der Waals surface area contributed by atoms with Crippen molar-refractivity contribution in [2.24, 2.45) is 0 Å². The molecule has 9 heteroatoms. The number of para-hydroxylation sites is 2. The number of pyridine rings is 2. The van der Waals surface area contributed by atoms with Gasteiger partial charge in [-0.05, 0) is 22.9 Å². The van der Waals surface area contributed by atoms with Crippen molar-refractivity contribution in [2.75, 3.05) is 0 Å². The van der Waals surface area contributed by atoms with Gasteiger partial charge in [0.25, 0.3) is 0 Å². The molecule has 2 N–H and O–H groups in total. The average molecular weight is 440 g/mol. The molecular formula is C20H12CuN2O6. The summed E-state index contributed by atoms with van der Waals surface area (Å²) in [5.41, 5.74) is 0.182. The number of aromatic nitrogens is 2. The first-order chi connectivity index (χ1) is 13.4. The molecule has 0 aliphatic rings. The number of hydrogen-bond donors (Lipinski definition) is 2. The number of benzene rings is 2. The number of carboxylic acid groups (broad SMARTS) is 2. The van der Waals surface area contributed by atoms with Crippen molar-refractivity contribution in [1.82, 2.24) is 9.97 Å². The smallest absolute Gasteiger partial charge is 0.871 e. The van der Waals surface area contributed by atoms with Gasteiger partial charge in [-0.25, -0.2) is 19.6 Å². The number of carbonyl (C=O) groups is 2. The van der Waals surface area contributed by atoms with E-state index in [4.69, 9.17) is 10.2 Å². The Morgan fingerprint density at radius 2 is 1.03 bits per heavy atom. The molecule has 0 saturated carbocycles. The van der Waals surface area contributed by atoms with E-state index in [1.54, 1.807) is 36.4 Å². The van der Waals surface area contributed by atoms with E-state index < -0.39 is 11.9 Å². The van der Waals surface area contributed by atoms with Gasteiger partial charge in [0.15, 0.2) is 0 Å². The molecule has 149 valence electrons. The molecule has 4 aromatic rings. The zero-order valence-corrected chi connectivity index (χ0v) is 15.4. The molecule has 4 rings (SSSR count). The van der Waals surface area contributed by atoms with E-state index in [1.807, 2.05) is 0 Å². The third kappa shape index (κ3) is 4.78. The molecule has 0 aliphatic heterocycles. The fraction of sp³-hybridized carbons (Fsp3) is 0. The van der Waals surface area contributed by atoms with Crippen molar-refractivity contribution < 1.29 is 47.1 Å². The normalized spacial score (nSPS) is 9.93. The summed E-state index contributed by atoms with van der Waals surface area (Å²) >= 11 is 0. The second-order valence-corrected chi connectivity index (χ2v) is 5.66. The third-order valence-electron chi connectivity index (χ3n) is 3.80. The Morgan fingerprint density at radius 3 is 1.38 bits per heavy atom. The molecule has 8 nitrogen and oxygen atoms in total. The monoisotopic (exact) mass is 439 g/mol. The van der Waals surface area contributed by atoms with Crippen LogP contribution in [-0.2, 0) is 17.1 Å².